The predicted octanol–water partition coefficient (Wildman–Crippen LogP) is 1.85. The summed E-state index contributed by atoms with van der Waals surface area (Å²) in [6.45, 7) is 3.34. The summed E-state index contributed by atoms with van der Waals surface area (Å²) in [6, 6.07) is 3.06. The maximum atomic E-state index is 13.4. The van der Waals surface area contributed by atoms with Crippen LogP contribution in [0.1, 0.15) is 12.5 Å². The lowest BCUT2D eigenvalue weighted by atomic mass is 10.1. The van der Waals surface area contributed by atoms with Crippen LogP contribution in [0.25, 0.3) is 0 Å². The molecule has 2 rings (SSSR count). The molecule has 1 amide bonds. The Morgan fingerprint density at radius 1 is 1.50 bits per heavy atom. The highest BCUT2D eigenvalue weighted by atomic mass is 19.1. The molecule has 4 heteroatoms. The summed E-state index contributed by atoms with van der Waals surface area (Å²) in [6.07, 6.45) is -0.639. The molecule has 0 radical (unpaired) electrons. The van der Waals surface area contributed by atoms with E-state index in [4.69, 9.17) is 4.74 Å². The van der Waals surface area contributed by atoms with Gasteiger partial charge in [0.1, 0.15) is 0 Å². The Balaban J connectivity index is 2.51. The Labute approximate surface area is 80.9 Å². The van der Waals surface area contributed by atoms with Crippen molar-refractivity contribution >= 4 is 11.6 Å². The van der Waals surface area contributed by atoms with Gasteiger partial charge in [-0.3, -0.25) is 4.79 Å². The molecule has 0 saturated carbocycles. The molecule has 1 aliphatic heterocycles. The number of hydrogen-bond acceptors (Lipinski definition) is 2. The van der Waals surface area contributed by atoms with Crippen LogP contribution < -0.4 is 10.1 Å². The van der Waals surface area contributed by atoms with Gasteiger partial charge in [-0.05, 0) is 31.5 Å². The lowest BCUT2D eigenvalue weighted by molar-refractivity contribution is -0.122. The van der Waals surface area contributed by atoms with Crippen LogP contribution in [0.15, 0.2) is 12.1 Å². The molecule has 0 aliphatic carbocycles. The van der Waals surface area contributed by atoms with Crippen LogP contribution in [0.2, 0.25) is 0 Å². The number of nitrogens with one attached hydrogen (secondary N) is 1. The molecule has 0 aromatic heterocycles. The van der Waals surface area contributed by atoms with Crippen molar-refractivity contribution in [2.24, 2.45) is 0 Å². The van der Waals surface area contributed by atoms with Gasteiger partial charge >= 0.3 is 0 Å². The van der Waals surface area contributed by atoms with Crippen molar-refractivity contribution in [2.75, 3.05) is 5.32 Å². The molecule has 0 bridgehead atoms. The quantitative estimate of drug-likeness (QED) is 0.686. The Bertz CT molecular complexity index is 403. The minimum atomic E-state index is -0.639. The first-order valence-corrected chi connectivity index (χ1v) is 4.35. The maximum Gasteiger partial charge on any atom is 0.265 e. The minimum absolute atomic E-state index is 0.128. The lowest BCUT2D eigenvalue weighted by Crippen LogP contribution is -2.34. The second kappa shape index (κ2) is 2.97. The number of carbonyl (C=O) groups is 1. The van der Waals surface area contributed by atoms with Crippen LogP contribution in [0.3, 0.4) is 0 Å². The third-order valence-electron chi connectivity index (χ3n) is 2.11. The monoisotopic (exact) mass is 195 g/mol. The number of anilines is 1. The van der Waals surface area contributed by atoms with E-state index < -0.39 is 11.9 Å². The molecule has 1 N–H and O–H groups in total. The molecule has 3 nitrogen and oxygen atoms in total. The van der Waals surface area contributed by atoms with E-state index in [-0.39, 0.29) is 11.7 Å². The fourth-order valence-electron chi connectivity index (χ4n) is 1.41. The van der Waals surface area contributed by atoms with Crippen molar-refractivity contribution in [1.29, 1.82) is 0 Å². The third-order valence-corrected chi connectivity index (χ3v) is 2.11. The first-order chi connectivity index (χ1) is 6.58. The van der Waals surface area contributed by atoms with Crippen LogP contribution in [0, 0.1) is 12.7 Å². The summed E-state index contributed by atoms with van der Waals surface area (Å²) in [4.78, 5) is 11.2. The normalized spacial score (nSPS) is 19.6. The Morgan fingerprint density at radius 3 is 2.93 bits per heavy atom. The number of aryl methyl sites for hydroxylation is 1. The van der Waals surface area contributed by atoms with E-state index in [1.165, 1.54) is 6.07 Å². The Kier molecular flexibility index (Phi) is 1.91. The van der Waals surface area contributed by atoms with Gasteiger partial charge in [0.05, 0.1) is 5.69 Å². The fraction of sp³-hybridized carbons (Fsp3) is 0.300. The number of fused-ring (bicyclic) bond motifs is 1. The van der Waals surface area contributed by atoms with Gasteiger partial charge in [0.15, 0.2) is 17.7 Å². The van der Waals surface area contributed by atoms with Crippen molar-refractivity contribution in [1.82, 2.24) is 0 Å². The van der Waals surface area contributed by atoms with E-state index >= 15 is 0 Å². The standard InChI is InChI=1S/C10H10FNO2/c1-5-3-7(11)9-8(4-5)12-10(13)6(2)14-9/h3-4,6H,1-2H3,(H,12,13). The smallest absolute Gasteiger partial charge is 0.265 e. The van der Waals surface area contributed by atoms with Gasteiger partial charge in [0, 0.05) is 0 Å². The van der Waals surface area contributed by atoms with Crippen LogP contribution in [-0.4, -0.2) is 12.0 Å². The molecule has 74 valence electrons. The summed E-state index contributed by atoms with van der Waals surface area (Å²) < 4.78 is 18.5. The van der Waals surface area contributed by atoms with Gasteiger partial charge in [-0.2, -0.15) is 0 Å². The molecule has 1 aromatic rings. The SMILES string of the molecule is Cc1cc(F)c2c(c1)NC(=O)C(C)O2. The molecule has 1 unspecified atom stereocenters. The summed E-state index contributed by atoms with van der Waals surface area (Å²) in [5.41, 5.74) is 1.16. The number of hydrogen-bond donors (Lipinski definition) is 1. The average Bonchev–Trinajstić information content (AvgIpc) is 2.08. The third kappa shape index (κ3) is 1.32. The van der Waals surface area contributed by atoms with Crippen LogP contribution >= 0.6 is 0 Å². The van der Waals surface area contributed by atoms with Crippen LogP contribution in [0.5, 0.6) is 5.75 Å². The molecule has 1 aromatic carbocycles. The second-order valence-corrected chi connectivity index (χ2v) is 3.37. The highest BCUT2D eigenvalue weighted by Gasteiger charge is 2.26. The summed E-state index contributed by atoms with van der Waals surface area (Å²) in [7, 11) is 0. The van der Waals surface area contributed by atoms with Gasteiger partial charge in [0.2, 0.25) is 0 Å². The number of ether oxygens (including phenoxy) is 1. The Hall–Kier alpha value is -1.58. The molecular formula is C10H10FNO2. The van der Waals surface area contributed by atoms with Gasteiger partial charge in [-0.25, -0.2) is 4.39 Å². The van der Waals surface area contributed by atoms with Gasteiger partial charge in [0.25, 0.3) is 5.91 Å². The van der Waals surface area contributed by atoms with E-state index in [1.807, 2.05) is 0 Å². The van der Waals surface area contributed by atoms with E-state index in [1.54, 1.807) is 19.9 Å². The van der Waals surface area contributed by atoms with E-state index in [0.29, 0.717) is 5.69 Å². The fourth-order valence-corrected chi connectivity index (χ4v) is 1.41. The van der Waals surface area contributed by atoms with Crippen molar-refractivity contribution in [3.63, 3.8) is 0 Å². The number of rotatable bonds is 0. The molecular weight excluding hydrogens is 185 g/mol. The zero-order valence-electron chi connectivity index (χ0n) is 7.93. The summed E-state index contributed by atoms with van der Waals surface area (Å²) in [5, 5.41) is 2.59. The van der Waals surface area contributed by atoms with Gasteiger partial charge < -0.3 is 10.1 Å². The first kappa shape index (κ1) is 8.99. The highest BCUT2D eigenvalue weighted by molar-refractivity contribution is 5.97. The van der Waals surface area contributed by atoms with Crippen LogP contribution in [-0.2, 0) is 4.79 Å². The zero-order chi connectivity index (χ0) is 10.3. The number of amides is 1. The number of carbonyl (C=O) groups excluding carboxylic acids is 1. The Morgan fingerprint density at radius 2 is 2.21 bits per heavy atom. The van der Waals surface area contributed by atoms with E-state index in [2.05, 4.69) is 5.32 Å². The molecule has 1 heterocycles. The highest BCUT2D eigenvalue weighted by Crippen LogP contribution is 2.33. The molecule has 1 atom stereocenters. The molecule has 0 spiro atoms. The van der Waals surface area contributed by atoms with Gasteiger partial charge in [-0.1, -0.05) is 0 Å². The summed E-state index contributed by atoms with van der Waals surface area (Å²) in [5.74, 6) is -0.558. The summed E-state index contributed by atoms with van der Waals surface area (Å²) >= 11 is 0. The van der Waals surface area contributed by atoms with Crippen molar-refractivity contribution < 1.29 is 13.9 Å². The van der Waals surface area contributed by atoms with E-state index in [0.717, 1.165) is 5.56 Å². The van der Waals surface area contributed by atoms with E-state index in [9.17, 15) is 9.18 Å². The van der Waals surface area contributed by atoms with Crippen LogP contribution in [0.4, 0.5) is 10.1 Å². The largest absolute Gasteiger partial charge is 0.476 e. The van der Waals surface area contributed by atoms with Gasteiger partial charge in [-0.15, -0.1) is 0 Å². The van der Waals surface area contributed by atoms with Crippen molar-refractivity contribution in [3.8, 4) is 5.75 Å². The second-order valence-electron chi connectivity index (χ2n) is 3.37. The molecule has 1 aliphatic rings. The first-order valence-electron chi connectivity index (χ1n) is 4.35. The molecule has 0 fully saturated rings. The zero-order valence-corrected chi connectivity index (χ0v) is 7.93. The lowest BCUT2D eigenvalue weighted by Gasteiger charge is -2.23. The molecule has 14 heavy (non-hydrogen) atoms. The number of benzene rings is 1. The minimum Gasteiger partial charge on any atom is -0.476 e. The molecule has 0 saturated heterocycles. The van der Waals surface area contributed by atoms with Crippen molar-refractivity contribution in [2.45, 2.75) is 20.0 Å². The number of halogens is 1. The topological polar surface area (TPSA) is 38.3 Å². The van der Waals surface area contributed by atoms with Crippen molar-refractivity contribution in [3.05, 3.63) is 23.5 Å². The maximum absolute atomic E-state index is 13.4. The predicted molar refractivity (Wildman–Crippen MR) is 49.9 cm³/mol. The average molecular weight is 195 g/mol.